The minimum Gasteiger partial charge on any atom is -0.423 e. The van der Waals surface area contributed by atoms with Gasteiger partial charge in [0.05, 0.1) is 17.8 Å². The number of nitrogens with zero attached hydrogens (tertiary/aromatic N) is 1. The Balaban J connectivity index is 1.89. The number of para-hydroxylation sites is 1. The molecule has 1 aliphatic carbocycles. The summed E-state index contributed by atoms with van der Waals surface area (Å²) in [5, 5.41) is 13.0. The Morgan fingerprint density at radius 2 is 2.11 bits per heavy atom. The smallest absolute Gasteiger partial charge is 0.296 e. The van der Waals surface area contributed by atoms with Crippen LogP contribution in [-0.4, -0.2) is 22.2 Å². The predicted octanol–water partition coefficient (Wildman–Crippen LogP) is 2.52. The molecule has 0 bridgehead atoms. The molecule has 0 amide bonds. The van der Waals surface area contributed by atoms with Crippen molar-refractivity contribution < 1.29 is 9.52 Å². The molecular weight excluding hydrogens is 242 g/mol. The zero-order valence-corrected chi connectivity index (χ0v) is 10.9. The molecule has 0 atom stereocenters. The molecule has 1 aliphatic rings. The van der Waals surface area contributed by atoms with Gasteiger partial charge in [-0.1, -0.05) is 25.3 Å². The van der Waals surface area contributed by atoms with E-state index in [4.69, 9.17) is 10.2 Å². The minimum atomic E-state index is -0.298. The van der Waals surface area contributed by atoms with Gasteiger partial charge in [-0.3, -0.25) is 0 Å². The molecule has 0 radical (unpaired) electrons. The molecule has 1 saturated carbocycles. The molecule has 0 unspecified atom stereocenters. The number of rotatable bonds is 3. The van der Waals surface area contributed by atoms with Gasteiger partial charge in [-0.25, -0.2) is 0 Å². The van der Waals surface area contributed by atoms with Crippen LogP contribution in [0.2, 0.25) is 0 Å². The monoisotopic (exact) mass is 261 g/mol. The van der Waals surface area contributed by atoms with Crippen LogP contribution in [-0.2, 0) is 0 Å². The third-order valence-electron chi connectivity index (χ3n) is 3.94. The van der Waals surface area contributed by atoms with Crippen molar-refractivity contribution in [2.45, 2.75) is 37.6 Å². The number of anilines is 2. The van der Waals surface area contributed by atoms with Crippen molar-refractivity contribution in [3.05, 3.63) is 18.2 Å². The van der Waals surface area contributed by atoms with E-state index in [1.165, 1.54) is 6.42 Å². The summed E-state index contributed by atoms with van der Waals surface area (Å²) in [6, 6.07) is 5.94. The van der Waals surface area contributed by atoms with Gasteiger partial charge in [0.15, 0.2) is 5.58 Å². The maximum absolute atomic E-state index is 9.68. The van der Waals surface area contributed by atoms with Crippen molar-refractivity contribution in [1.82, 2.24) is 4.98 Å². The highest BCUT2D eigenvalue weighted by atomic mass is 16.4. The lowest BCUT2D eigenvalue weighted by Crippen LogP contribution is -2.43. The molecule has 2 aromatic rings. The molecule has 1 aromatic carbocycles. The minimum absolute atomic E-state index is 0.0984. The first-order chi connectivity index (χ1) is 9.22. The third-order valence-corrected chi connectivity index (χ3v) is 3.94. The fraction of sp³-hybridized carbons (Fsp3) is 0.500. The highest BCUT2D eigenvalue weighted by Crippen LogP contribution is 2.32. The van der Waals surface area contributed by atoms with Crippen LogP contribution in [0.3, 0.4) is 0 Å². The van der Waals surface area contributed by atoms with E-state index in [0.717, 1.165) is 25.7 Å². The first-order valence-corrected chi connectivity index (χ1v) is 6.77. The van der Waals surface area contributed by atoms with Gasteiger partial charge in [-0.2, -0.15) is 4.98 Å². The van der Waals surface area contributed by atoms with Crippen molar-refractivity contribution in [1.29, 1.82) is 0 Å². The van der Waals surface area contributed by atoms with Crippen LogP contribution in [0.15, 0.2) is 22.6 Å². The number of benzene rings is 1. The van der Waals surface area contributed by atoms with Crippen molar-refractivity contribution in [2.75, 3.05) is 17.7 Å². The molecule has 4 N–H and O–H groups in total. The van der Waals surface area contributed by atoms with Crippen LogP contribution in [0, 0.1) is 0 Å². The SMILES string of the molecule is Nc1cccc2oc(NC3(CO)CCCCC3)nc12. The zero-order valence-electron chi connectivity index (χ0n) is 10.9. The van der Waals surface area contributed by atoms with E-state index in [1.807, 2.05) is 12.1 Å². The average molecular weight is 261 g/mol. The molecule has 0 saturated heterocycles. The summed E-state index contributed by atoms with van der Waals surface area (Å²) in [7, 11) is 0. The summed E-state index contributed by atoms with van der Waals surface area (Å²) in [4.78, 5) is 4.39. The first-order valence-electron chi connectivity index (χ1n) is 6.77. The van der Waals surface area contributed by atoms with Crippen LogP contribution in [0.25, 0.3) is 11.1 Å². The number of oxazole rings is 1. The second kappa shape index (κ2) is 4.74. The molecule has 19 heavy (non-hydrogen) atoms. The van der Waals surface area contributed by atoms with E-state index in [9.17, 15) is 5.11 Å². The molecule has 0 spiro atoms. The number of nitrogens with two attached hydrogens (primary N) is 1. The van der Waals surface area contributed by atoms with Gasteiger partial charge < -0.3 is 20.6 Å². The number of aliphatic hydroxyl groups is 1. The second-order valence-electron chi connectivity index (χ2n) is 5.34. The van der Waals surface area contributed by atoms with E-state index in [2.05, 4.69) is 10.3 Å². The lowest BCUT2D eigenvalue weighted by Gasteiger charge is -2.35. The van der Waals surface area contributed by atoms with Crippen LogP contribution in [0.4, 0.5) is 11.7 Å². The standard InChI is InChI=1S/C14H19N3O2/c15-10-5-4-6-11-12(10)16-13(19-11)17-14(9-18)7-2-1-3-8-14/h4-6,18H,1-3,7-9,15H2,(H,16,17). The maximum Gasteiger partial charge on any atom is 0.296 e. The zero-order chi connectivity index (χ0) is 13.3. The fourth-order valence-corrected chi connectivity index (χ4v) is 2.80. The lowest BCUT2D eigenvalue weighted by atomic mass is 9.82. The molecule has 1 heterocycles. The van der Waals surface area contributed by atoms with E-state index in [1.54, 1.807) is 6.07 Å². The number of fused-ring (bicyclic) bond motifs is 1. The van der Waals surface area contributed by atoms with Crippen molar-refractivity contribution >= 4 is 22.8 Å². The first kappa shape index (κ1) is 12.3. The number of nitrogen functional groups attached to an aromatic ring is 1. The van der Waals surface area contributed by atoms with Gasteiger partial charge in [-0.15, -0.1) is 0 Å². The van der Waals surface area contributed by atoms with Gasteiger partial charge >= 0.3 is 0 Å². The Bertz CT molecular complexity index is 573. The normalized spacial score (nSPS) is 18.6. The molecule has 5 heteroatoms. The Morgan fingerprint density at radius 1 is 1.32 bits per heavy atom. The Labute approximate surface area is 111 Å². The quantitative estimate of drug-likeness (QED) is 0.739. The molecule has 1 fully saturated rings. The largest absolute Gasteiger partial charge is 0.423 e. The fourth-order valence-electron chi connectivity index (χ4n) is 2.80. The van der Waals surface area contributed by atoms with E-state index in [-0.39, 0.29) is 12.1 Å². The summed E-state index contributed by atoms with van der Waals surface area (Å²) in [6.45, 7) is 0.0984. The number of nitrogens with one attached hydrogen (secondary N) is 1. The van der Waals surface area contributed by atoms with Gasteiger partial charge in [0, 0.05) is 0 Å². The summed E-state index contributed by atoms with van der Waals surface area (Å²) in [5.74, 6) is 0. The topological polar surface area (TPSA) is 84.3 Å². The van der Waals surface area contributed by atoms with Gasteiger partial charge in [0.1, 0.15) is 5.52 Å². The Hall–Kier alpha value is -1.75. The Morgan fingerprint density at radius 3 is 2.79 bits per heavy atom. The maximum atomic E-state index is 9.68. The lowest BCUT2D eigenvalue weighted by molar-refractivity contribution is 0.170. The van der Waals surface area contributed by atoms with Crippen LogP contribution in [0.5, 0.6) is 0 Å². The van der Waals surface area contributed by atoms with Crippen LogP contribution < -0.4 is 11.1 Å². The summed E-state index contributed by atoms with van der Waals surface area (Å²) in [6.07, 6.45) is 5.35. The van der Waals surface area contributed by atoms with E-state index < -0.39 is 0 Å². The number of aromatic nitrogens is 1. The van der Waals surface area contributed by atoms with Crippen molar-refractivity contribution in [3.8, 4) is 0 Å². The molecule has 102 valence electrons. The molecule has 3 rings (SSSR count). The van der Waals surface area contributed by atoms with Gasteiger partial charge in [-0.05, 0) is 25.0 Å². The van der Waals surface area contributed by atoms with Crippen LogP contribution >= 0.6 is 0 Å². The molecular formula is C14H19N3O2. The third kappa shape index (κ3) is 2.26. The number of hydrogen-bond acceptors (Lipinski definition) is 5. The summed E-state index contributed by atoms with van der Waals surface area (Å²) >= 11 is 0. The average Bonchev–Trinajstić information content (AvgIpc) is 2.83. The molecule has 0 aliphatic heterocycles. The summed E-state index contributed by atoms with van der Waals surface area (Å²) in [5.41, 5.74) is 7.53. The predicted molar refractivity (Wildman–Crippen MR) is 74.9 cm³/mol. The second-order valence-corrected chi connectivity index (χ2v) is 5.34. The molecule has 1 aromatic heterocycles. The van der Waals surface area contributed by atoms with E-state index >= 15 is 0 Å². The number of aliphatic hydroxyl groups excluding tert-OH is 1. The van der Waals surface area contributed by atoms with E-state index in [0.29, 0.717) is 22.8 Å². The van der Waals surface area contributed by atoms with Crippen molar-refractivity contribution in [3.63, 3.8) is 0 Å². The summed E-state index contributed by atoms with van der Waals surface area (Å²) < 4.78 is 5.67. The number of hydrogen-bond donors (Lipinski definition) is 3. The van der Waals surface area contributed by atoms with Gasteiger partial charge in [0.25, 0.3) is 6.01 Å². The van der Waals surface area contributed by atoms with Crippen molar-refractivity contribution in [2.24, 2.45) is 0 Å². The molecule has 5 nitrogen and oxygen atoms in total. The Kier molecular flexibility index (Phi) is 3.06. The van der Waals surface area contributed by atoms with Gasteiger partial charge in [0.2, 0.25) is 0 Å². The van der Waals surface area contributed by atoms with Crippen LogP contribution in [0.1, 0.15) is 32.1 Å². The highest BCUT2D eigenvalue weighted by molar-refractivity contribution is 5.86. The highest BCUT2D eigenvalue weighted by Gasteiger charge is 2.32.